The molecule has 3 heteroatoms. The Morgan fingerprint density at radius 3 is 2.78 bits per heavy atom. The summed E-state index contributed by atoms with van der Waals surface area (Å²) in [5, 5.41) is 3.20. The zero-order chi connectivity index (χ0) is 13.4. The molecule has 18 heavy (non-hydrogen) atoms. The van der Waals surface area contributed by atoms with Gasteiger partial charge in [-0.15, -0.1) is 0 Å². The van der Waals surface area contributed by atoms with Crippen LogP contribution in [0, 0.1) is 11.7 Å². The Hall–Kier alpha value is -1.09. The first kappa shape index (κ1) is 15.0. The van der Waals surface area contributed by atoms with E-state index in [2.05, 4.69) is 19.2 Å². The fourth-order valence-corrected chi connectivity index (χ4v) is 1.89. The maximum absolute atomic E-state index is 13.2. The van der Waals surface area contributed by atoms with Crippen molar-refractivity contribution in [3.8, 4) is 5.75 Å². The van der Waals surface area contributed by atoms with Crippen molar-refractivity contribution >= 4 is 0 Å². The van der Waals surface area contributed by atoms with Crippen molar-refractivity contribution in [3.05, 3.63) is 29.6 Å². The van der Waals surface area contributed by atoms with Gasteiger partial charge in [0.05, 0.1) is 6.61 Å². The Balaban J connectivity index is 2.62. The van der Waals surface area contributed by atoms with Crippen LogP contribution >= 0.6 is 0 Å². The molecule has 2 nitrogen and oxygen atoms in total. The Labute approximate surface area is 110 Å². The lowest BCUT2D eigenvalue weighted by molar-refractivity contribution is 0.248. The van der Waals surface area contributed by atoms with Crippen molar-refractivity contribution in [2.24, 2.45) is 5.92 Å². The van der Waals surface area contributed by atoms with E-state index in [1.165, 1.54) is 6.07 Å². The van der Waals surface area contributed by atoms with Crippen LogP contribution in [-0.2, 0) is 6.54 Å². The summed E-state index contributed by atoms with van der Waals surface area (Å²) in [7, 11) is 0. The lowest BCUT2D eigenvalue weighted by Crippen LogP contribution is -2.14. The fraction of sp³-hybridized carbons (Fsp3) is 0.600. The van der Waals surface area contributed by atoms with Crippen molar-refractivity contribution in [2.45, 2.75) is 40.2 Å². The van der Waals surface area contributed by atoms with Crippen LogP contribution in [0.25, 0.3) is 0 Å². The molecule has 0 spiro atoms. The Morgan fingerprint density at radius 1 is 1.33 bits per heavy atom. The second-order valence-electron chi connectivity index (χ2n) is 4.74. The molecule has 1 unspecified atom stereocenters. The first-order chi connectivity index (χ1) is 8.67. The second kappa shape index (κ2) is 8.09. The van der Waals surface area contributed by atoms with Crippen LogP contribution in [-0.4, -0.2) is 13.2 Å². The molecule has 1 N–H and O–H groups in total. The molecule has 1 atom stereocenters. The Morgan fingerprint density at radius 2 is 2.11 bits per heavy atom. The predicted molar refractivity (Wildman–Crippen MR) is 73.3 cm³/mol. The predicted octanol–water partition coefficient (Wildman–Crippen LogP) is 3.75. The van der Waals surface area contributed by atoms with E-state index in [1.807, 2.05) is 6.92 Å². The summed E-state index contributed by atoms with van der Waals surface area (Å²) in [6.07, 6.45) is 2.32. The van der Waals surface area contributed by atoms with E-state index in [4.69, 9.17) is 4.74 Å². The highest BCUT2D eigenvalue weighted by Gasteiger charge is 2.07. The molecule has 0 radical (unpaired) electrons. The van der Waals surface area contributed by atoms with Gasteiger partial charge >= 0.3 is 0 Å². The number of hydrogen-bond donors (Lipinski definition) is 1. The van der Waals surface area contributed by atoms with Gasteiger partial charge in [-0.2, -0.15) is 0 Å². The van der Waals surface area contributed by atoms with Crippen molar-refractivity contribution in [1.82, 2.24) is 5.32 Å². The lowest BCUT2D eigenvalue weighted by atomic mass is 10.1. The van der Waals surface area contributed by atoms with Gasteiger partial charge in [-0.25, -0.2) is 4.39 Å². The van der Waals surface area contributed by atoms with Crippen LogP contribution in [0.1, 0.15) is 39.2 Å². The van der Waals surface area contributed by atoms with Gasteiger partial charge in [0, 0.05) is 12.1 Å². The highest BCUT2D eigenvalue weighted by molar-refractivity contribution is 5.33. The summed E-state index contributed by atoms with van der Waals surface area (Å²) in [5.41, 5.74) is 0.889. The van der Waals surface area contributed by atoms with Gasteiger partial charge < -0.3 is 10.1 Å². The van der Waals surface area contributed by atoms with Gasteiger partial charge in [-0.05, 0) is 37.1 Å². The molecule has 1 aromatic carbocycles. The molecule has 0 aliphatic heterocycles. The molecule has 0 saturated heterocycles. The Bertz CT molecular complexity index is 354. The first-order valence-electron chi connectivity index (χ1n) is 6.79. The average Bonchev–Trinajstić information content (AvgIpc) is 2.35. The normalized spacial score (nSPS) is 12.4. The minimum atomic E-state index is -0.211. The zero-order valence-corrected chi connectivity index (χ0v) is 11.6. The van der Waals surface area contributed by atoms with E-state index in [0.29, 0.717) is 19.1 Å². The topological polar surface area (TPSA) is 21.3 Å². The third-order valence-corrected chi connectivity index (χ3v) is 2.89. The van der Waals surface area contributed by atoms with Crippen molar-refractivity contribution in [1.29, 1.82) is 0 Å². The maximum Gasteiger partial charge on any atom is 0.123 e. The standard InChI is InChI=1S/C15H24FNO/c1-4-6-12(3)11-18-15-8-7-14(16)9-13(15)10-17-5-2/h7-9,12,17H,4-6,10-11H2,1-3H3. The van der Waals surface area contributed by atoms with Gasteiger partial charge in [0.25, 0.3) is 0 Å². The van der Waals surface area contributed by atoms with Crippen LogP contribution in [0.3, 0.4) is 0 Å². The summed E-state index contributed by atoms with van der Waals surface area (Å²) in [6.45, 7) is 8.58. The van der Waals surface area contributed by atoms with Crippen LogP contribution in [0.15, 0.2) is 18.2 Å². The zero-order valence-electron chi connectivity index (χ0n) is 11.6. The van der Waals surface area contributed by atoms with Gasteiger partial charge in [0.1, 0.15) is 11.6 Å². The van der Waals surface area contributed by atoms with Crippen molar-refractivity contribution in [3.63, 3.8) is 0 Å². The van der Waals surface area contributed by atoms with E-state index in [9.17, 15) is 4.39 Å². The summed E-state index contributed by atoms with van der Waals surface area (Å²) in [5.74, 6) is 1.12. The van der Waals surface area contributed by atoms with Gasteiger partial charge in [0.15, 0.2) is 0 Å². The third-order valence-electron chi connectivity index (χ3n) is 2.89. The van der Waals surface area contributed by atoms with Crippen molar-refractivity contribution < 1.29 is 9.13 Å². The van der Waals surface area contributed by atoms with E-state index in [-0.39, 0.29) is 5.82 Å². The van der Waals surface area contributed by atoms with E-state index in [1.54, 1.807) is 12.1 Å². The summed E-state index contributed by atoms with van der Waals surface area (Å²) < 4.78 is 19.0. The second-order valence-corrected chi connectivity index (χ2v) is 4.74. The highest BCUT2D eigenvalue weighted by Crippen LogP contribution is 2.21. The van der Waals surface area contributed by atoms with Crippen LogP contribution in [0.2, 0.25) is 0 Å². The van der Waals surface area contributed by atoms with E-state index < -0.39 is 0 Å². The molecule has 0 bridgehead atoms. The van der Waals surface area contributed by atoms with E-state index >= 15 is 0 Å². The minimum absolute atomic E-state index is 0.211. The molecular weight excluding hydrogens is 229 g/mol. The molecule has 0 fully saturated rings. The van der Waals surface area contributed by atoms with Crippen LogP contribution in [0.4, 0.5) is 4.39 Å². The molecule has 0 aromatic heterocycles. The molecular formula is C15H24FNO. The molecule has 1 rings (SSSR count). The number of rotatable bonds is 8. The monoisotopic (exact) mass is 253 g/mol. The summed E-state index contributed by atoms with van der Waals surface area (Å²) in [4.78, 5) is 0. The molecule has 0 aliphatic carbocycles. The number of benzene rings is 1. The van der Waals surface area contributed by atoms with Crippen LogP contribution < -0.4 is 10.1 Å². The molecule has 0 aliphatic rings. The lowest BCUT2D eigenvalue weighted by Gasteiger charge is -2.15. The number of hydrogen-bond acceptors (Lipinski definition) is 2. The Kier molecular flexibility index (Phi) is 6.73. The maximum atomic E-state index is 13.2. The SMILES string of the molecule is CCCC(C)COc1ccc(F)cc1CNCC. The summed E-state index contributed by atoms with van der Waals surface area (Å²) in [6, 6.07) is 4.72. The quantitative estimate of drug-likeness (QED) is 0.762. The summed E-state index contributed by atoms with van der Waals surface area (Å²) >= 11 is 0. The molecule has 0 saturated carbocycles. The molecule has 0 heterocycles. The number of nitrogens with one attached hydrogen (secondary N) is 1. The van der Waals surface area contributed by atoms with E-state index in [0.717, 1.165) is 30.7 Å². The van der Waals surface area contributed by atoms with Gasteiger partial charge in [-0.3, -0.25) is 0 Å². The van der Waals surface area contributed by atoms with Crippen molar-refractivity contribution in [2.75, 3.05) is 13.2 Å². The smallest absolute Gasteiger partial charge is 0.123 e. The van der Waals surface area contributed by atoms with Gasteiger partial charge in [-0.1, -0.05) is 27.2 Å². The number of halogens is 1. The fourth-order valence-electron chi connectivity index (χ4n) is 1.89. The highest BCUT2D eigenvalue weighted by atomic mass is 19.1. The average molecular weight is 253 g/mol. The van der Waals surface area contributed by atoms with Gasteiger partial charge in [0.2, 0.25) is 0 Å². The number of ether oxygens (including phenoxy) is 1. The molecule has 1 aromatic rings. The largest absolute Gasteiger partial charge is 0.493 e. The minimum Gasteiger partial charge on any atom is -0.493 e. The van der Waals surface area contributed by atoms with Crippen LogP contribution in [0.5, 0.6) is 5.75 Å². The molecule has 102 valence electrons. The first-order valence-corrected chi connectivity index (χ1v) is 6.79. The molecule has 0 amide bonds. The third kappa shape index (κ3) is 5.05.